The van der Waals surface area contributed by atoms with Crippen LogP contribution in [0.3, 0.4) is 0 Å². The molecular formula is C56H64N6O7. The lowest BCUT2D eigenvalue weighted by Gasteiger charge is -2.36. The average Bonchev–Trinajstić information content (AvgIpc) is 3.69. The predicted octanol–water partition coefficient (Wildman–Crippen LogP) is 9.30. The number of rotatable bonds is 13. The molecule has 6 aromatic rings. The Labute approximate surface area is 405 Å². The number of methoxy groups -OCH3 is 2. The van der Waals surface area contributed by atoms with Gasteiger partial charge in [0.1, 0.15) is 35.2 Å². The fourth-order valence-electron chi connectivity index (χ4n) is 9.97. The van der Waals surface area contributed by atoms with Crippen molar-refractivity contribution in [1.29, 1.82) is 0 Å². The number of carboxylic acid groups (broad SMARTS) is 1. The molecule has 6 atom stereocenters. The highest BCUT2D eigenvalue weighted by Gasteiger charge is 2.40. The number of nitrogens with one attached hydrogen (secondary N) is 1. The second-order valence-electron chi connectivity index (χ2n) is 18.3. The highest BCUT2D eigenvalue weighted by Crippen LogP contribution is 2.37. The molecule has 13 heteroatoms. The smallest absolute Gasteiger partial charge is 0.337 e. The van der Waals surface area contributed by atoms with Gasteiger partial charge in [-0.15, -0.1) is 0 Å². The molecule has 6 heterocycles. The number of hydrogen-bond donors (Lipinski definition) is 3. The number of nitrogens with zero attached hydrogens (tertiary/aromatic N) is 4. The molecule has 10 rings (SSSR count). The lowest BCUT2D eigenvalue weighted by atomic mass is 10.0. The van der Waals surface area contributed by atoms with Crippen LogP contribution in [0, 0.1) is 0 Å². The maximum atomic E-state index is 12.7. The van der Waals surface area contributed by atoms with Crippen LogP contribution in [-0.2, 0) is 13.1 Å². The number of carbonyl (C=O) groups excluding carboxylic acids is 1. The van der Waals surface area contributed by atoms with Crippen LogP contribution in [-0.4, -0.2) is 101 Å². The number of nitrogens with two attached hydrogens (primary N) is 1. The van der Waals surface area contributed by atoms with Gasteiger partial charge in [0, 0.05) is 60.8 Å². The van der Waals surface area contributed by atoms with Crippen LogP contribution in [0.1, 0.15) is 83.2 Å². The molecule has 69 heavy (non-hydrogen) atoms. The van der Waals surface area contributed by atoms with Gasteiger partial charge in [0.2, 0.25) is 0 Å². The first-order valence-corrected chi connectivity index (χ1v) is 23.9. The Balaban J connectivity index is 0.000000154. The third kappa shape index (κ3) is 12.7. The number of carbonyl (C=O) groups is 2. The minimum atomic E-state index is -0.973. The van der Waals surface area contributed by atoms with Gasteiger partial charge in [-0.25, -0.2) is 4.79 Å². The lowest BCUT2D eigenvalue weighted by Crippen LogP contribution is -2.43. The van der Waals surface area contributed by atoms with Crippen LogP contribution in [0.2, 0.25) is 0 Å². The van der Waals surface area contributed by atoms with E-state index < -0.39 is 5.97 Å². The van der Waals surface area contributed by atoms with Crippen molar-refractivity contribution in [2.45, 2.75) is 101 Å². The van der Waals surface area contributed by atoms with Gasteiger partial charge < -0.3 is 44.9 Å². The highest BCUT2D eigenvalue weighted by atomic mass is 16.5. The van der Waals surface area contributed by atoms with Gasteiger partial charge in [0.05, 0.1) is 36.7 Å². The second-order valence-corrected chi connectivity index (χ2v) is 18.3. The summed E-state index contributed by atoms with van der Waals surface area (Å²) in [5.74, 6) is 2.31. The molecule has 4 saturated heterocycles. The Kier molecular flexibility index (Phi) is 16.2. The summed E-state index contributed by atoms with van der Waals surface area (Å²) in [6.07, 6.45) is 13.4. The van der Waals surface area contributed by atoms with E-state index >= 15 is 0 Å². The van der Waals surface area contributed by atoms with E-state index in [4.69, 9.17) is 29.8 Å². The first-order chi connectivity index (χ1) is 33.5. The molecule has 4 bridgehead atoms. The average molecular weight is 933 g/mol. The number of benzene rings is 4. The van der Waals surface area contributed by atoms with Crippen LogP contribution in [0.25, 0.3) is 22.5 Å². The van der Waals surface area contributed by atoms with Crippen molar-refractivity contribution in [1.82, 2.24) is 25.1 Å². The lowest BCUT2D eigenvalue weighted by molar-refractivity contribution is 0.0659. The van der Waals surface area contributed by atoms with Gasteiger partial charge >= 0.3 is 5.97 Å². The summed E-state index contributed by atoms with van der Waals surface area (Å²) in [6, 6.07) is 41.0. The van der Waals surface area contributed by atoms with Crippen molar-refractivity contribution >= 4 is 11.9 Å². The van der Waals surface area contributed by atoms with Crippen molar-refractivity contribution in [3.63, 3.8) is 0 Å². The summed E-state index contributed by atoms with van der Waals surface area (Å²) in [7, 11) is 7.75. The molecule has 1 amide bonds. The SMILES string of the molecule is CN1[C@@H]2CC[C@H]1CC(Oc1cccc(CN)c1)C2.COc1ccc(-c2ccc(C(=O)NCc3cccc(OC4C[C@H]5CC[C@@H](C4)N5C)c3)cn2)cc1.COc1ccc(-c2ccc(C(=O)O)cn2)cc1. The number of fused-ring (bicyclic) bond motifs is 4. The fourth-order valence-corrected chi connectivity index (χ4v) is 9.97. The number of aromatic nitrogens is 2. The number of amides is 1. The molecule has 360 valence electrons. The van der Waals surface area contributed by atoms with Crippen LogP contribution < -0.4 is 30.0 Å². The van der Waals surface area contributed by atoms with Crippen LogP contribution in [0.4, 0.5) is 0 Å². The number of carboxylic acids is 1. The van der Waals surface area contributed by atoms with Crippen LogP contribution >= 0.6 is 0 Å². The van der Waals surface area contributed by atoms with Crippen molar-refractivity contribution < 1.29 is 33.6 Å². The molecule has 4 aromatic carbocycles. The van der Waals surface area contributed by atoms with E-state index in [0.29, 0.717) is 36.8 Å². The molecule has 0 aliphatic carbocycles. The monoisotopic (exact) mass is 932 g/mol. The van der Waals surface area contributed by atoms with E-state index in [1.165, 1.54) is 50.8 Å². The largest absolute Gasteiger partial charge is 0.497 e. The minimum absolute atomic E-state index is 0.146. The quantitative estimate of drug-likeness (QED) is 0.101. The minimum Gasteiger partial charge on any atom is -0.497 e. The molecule has 0 saturated carbocycles. The Morgan fingerprint density at radius 2 is 1.03 bits per heavy atom. The predicted molar refractivity (Wildman–Crippen MR) is 268 cm³/mol. The number of aromatic carboxylic acids is 1. The summed E-state index contributed by atoms with van der Waals surface area (Å²) in [5, 5.41) is 11.8. The topological polar surface area (TPSA) is 162 Å². The number of pyridine rings is 2. The van der Waals surface area contributed by atoms with Gasteiger partial charge in [0.15, 0.2) is 0 Å². The molecule has 4 aliphatic rings. The fraction of sp³-hybridized carbons (Fsp3) is 0.357. The zero-order valence-corrected chi connectivity index (χ0v) is 40.0. The van der Waals surface area contributed by atoms with Gasteiger partial charge in [-0.05, 0) is 174 Å². The van der Waals surface area contributed by atoms with Crippen molar-refractivity contribution in [3.05, 3.63) is 156 Å². The number of hydrogen-bond acceptors (Lipinski definition) is 11. The number of ether oxygens (including phenoxy) is 4. The zero-order chi connectivity index (χ0) is 48.3. The van der Waals surface area contributed by atoms with E-state index in [0.717, 1.165) is 81.6 Å². The summed E-state index contributed by atoms with van der Waals surface area (Å²) >= 11 is 0. The van der Waals surface area contributed by atoms with Gasteiger partial charge in [-0.1, -0.05) is 24.3 Å². The Hall–Kier alpha value is -6.80. The summed E-state index contributed by atoms with van der Waals surface area (Å²) < 4.78 is 22.7. The molecule has 2 unspecified atom stereocenters. The first kappa shape index (κ1) is 48.6. The second kappa shape index (κ2) is 23.0. The maximum Gasteiger partial charge on any atom is 0.337 e. The molecule has 4 fully saturated rings. The Bertz CT molecular complexity index is 2580. The van der Waals surface area contributed by atoms with E-state index in [2.05, 4.69) is 45.2 Å². The standard InChI is InChI=1S/C28H31N3O3.C15H22N2O.C13H11NO3/c1-31-22-9-10-23(31)16-26(15-22)34-25-5-3-4-19(14-25)17-30-28(32)21-8-13-27(29-18-21)20-6-11-24(33-2)12-7-20;1-17-12-5-6-13(17)9-15(8-12)18-14-4-2-3-11(7-14)10-16;1-17-11-5-2-9(3-6-11)12-7-4-10(8-14-12)13(15)16/h3-8,11-14,18,22-23,26H,9-10,15-17H2,1-2H3,(H,30,32);2-4,7,12-13,15H,5-6,8-10,16H2,1H3;2-8H,1H3,(H,15,16)/t22-,23+,26?;12-,13+,15?;. The molecule has 13 nitrogen and oxygen atoms in total. The van der Waals surface area contributed by atoms with E-state index in [1.807, 2.05) is 97.1 Å². The van der Waals surface area contributed by atoms with Crippen LogP contribution in [0.5, 0.6) is 23.0 Å². The molecular weight excluding hydrogens is 869 g/mol. The maximum absolute atomic E-state index is 12.7. The highest BCUT2D eigenvalue weighted by molar-refractivity contribution is 5.94. The third-order valence-electron chi connectivity index (χ3n) is 14.0. The molecule has 2 aromatic heterocycles. The van der Waals surface area contributed by atoms with Gasteiger partial charge in [0.25, 0.3) is 5.91 Å². The molecule has 0 radical (unpaired) electrons. The summed E-state index contributed by atoms with van der Waals surface area (Å²) in [6.45, 7) is 1.02. The van der Waals surface area contributed by atoms with Crippen molar-refractivity contribution in [3.8, 4) is 45.5 Å². The molecule has 4 aliphatic heterocycles. The van der Waals surface area contributed by atoms with E-state index in [9.17, 15) is 9.59 Å². The van der Waals surface area contributed by atoms with Gasteiger partial charge in [-0.3, -0.25) is 14.8 Å². The normalized spacial score (nSPS) is 21.4. The van der Waals surface area contributed by atoms with Crippen molar-refractivity contribution in [2.75, 3.05) is 28.3 Å². The van der Waals surface area contributed by atoms with E-state index in [-0.39, 0.29) is 17.6 Å². The number of piperidine rings is 2. The van der Waals surface area contributed by atoms with Gasteiger partial charge in [-0.2, -0.15) is 0 Å². The summed E-state index contributed by atoms with van der Waals surface area (Å²) in [4.78, 5) is 37.0. The molecule has 0 spiro atoms. The Morgan fingerprint density at radius 3 is 1.43 bits per heavy atom. The van der Waals surface area contributed by atoms with Crippen LogP contribution in [0.15, 0.2) is 134 Å². The third-order valence-corrected chi connectivity index (χ3v) is 14.0. The first-order valence-electron chi connectivity index (χ1n) is 23.9. The zero-order valence-electron chi connectivity index (χ0n) is 40.0. The summed E-state index contributed by atoms with van der Waals surface area (Å²) in [5.41, 5.74) is 12.0. The van der Waals surface area contributed by atoms with E-state index in [1.54, 1.807) is 32.5 Å². The van der Waals surface area contributed by atoms with Crippen molar-refractivity contribution in [2.24, 2.45) is 5.73 Å². The Morgan fingerprint density at radius 1 is 0.594 bits per heavy atom. The molecule has 4 N–H and O–H groups in total.